The Labute approximate surface area is 109 Å². The molecule has 1 aromatic carbocycles. The van der Waals surface area contributed by atoms with Crippen LogP contribution in [0.3, 0.4) is 0 Å². The van der Waals surface area contributed by atoms with Crippen LogP contribution in [0.1, 0.15) is 51.7 Å². The number of benzene rings is 1. The van der Waals surface area contributed by atoms with Crippen LogP contribution in [0.15, 0.2) is 12.1 Å². The molecular formula is C15H23FO2. The molecule has 1 N–H and O–H groups in total. The average molecular weight is 254 g/mol. The highest BCUT2D eigenvalue weighted by Crippen LogP contribution is 2.41. The fourth-order valence-electron chi connectivity index (χ4n) is 2.34. The van der Waals surface area contributed by atoms with E-state index in [4.69, 9.17) is 4.74 Å². The van der Waals surface area contributed by atoms with Gasteiger partial charge in [0.15, 0.2) is 0 Å². The van der Waals surface area contributed by atoms with Crippen molar-refractivity contribution < 1.29 is 14.2 Å². The number of hydrogen-bond acceptors (Lipinski definition) is 2. The van der Waals surface area contributed by atoms with Crippen molar-refractivity contribution in [3.05, 3.63) is 29.1 Å². The standard InChI is InChI=1S/C13H17FO2.C2H6/c1-3-13(4-2)7-9-5-11(14)6-10(8-15)12(9)16-13;1-2/h5-6,15H,3-4,7-8H2,1-2H3;1-2H3. The molecule has 3 heteroatoms. The second-order valence-corrected chi connectivity index (χ2v) is 4.38. The van der Waals surface area contributed by atoms with Crippen LogP contribution in [0.4, 0.5) is 4.39 Å². The van der Waals surface area contributed by atoms with Crippen LogP contribution < -0.4 is 4.74 Å². The molecule has 0 spiro atoms. The van der Waals surface area contributed by atoms with E-state index in [0.717, 1.165) is 24.8 Å². The van der Waals surface area contributed by atoms with Crippen LogP contribution in [-0.2, 0) is 13.0 Å². The first-order valence-corrected chi connectivity index (χ1v) is 6.75. The molecule has 18 heavy (non-hydrogen) atoms. The van der Waals surface area contributed by atoms with Crippen molar-refractivity contribution in [3.8, 4) is 5.75 Å². The molecule has 0 aliphatic carbocycles. The van der Waals surface area contributed by atoms with E-state index in [1.54, 1.807) is 0 Å². The first-order valence-electron chi connectivity index (χ1n) is 6.75. The zero-order chi connectivity index (χ0) is 13.8. The molecule has 2 rings (SSSR count). The highest BCUT2D eigenvalue weighted by atomic mass is 19.1. The molecule has 0 bridgehead atoms. The number of halogens is 1. The Balaban J connectivity index is 0.000000771. The monoisotopic (exact) mass is 254 g/mol. The van der Waals surface area contributed by atoms with Gasteiger partial charge in [-0.3, -0.25) is 0 Å². The summed E-state index contributed by atoms with van der Waals surface area (Å²) in [5.74, 6) is 0.391. The number of aliphatic hydroxyl groups is 1. The van der Waals surface area contributed by atoms with Crippen molar-refractivity contribution in [1.82, 2.24) is 0 Å². The second-order valence-electron chi connectivity index (χ2n) is 4.38. The van der Waals surface area contributed by atoms with E-state index in [2.05, 4.69) is 13.8 Å². The smallest absolute Gasteiger partial charge is 0.129 e. The van der Waals surface area contributed by atoms with E-state index in [-0.39, 0.29) is 18.0 Å². The van der Waals surface area contributed by atoms with E-state index >= 15 is 0 Å². The Morgan fingerprint density at radius 2 is 1.89 bits per heavy atom. The van der Waals surface area contributed by atoms with Gasteiger partial charge in [0.25, 0.3) is 0 Å². The maximum atomic E-state index is 13.3. The van der Waals surface area contributed by atoms with E-state index in [0.29, 0.717) is 11.3 Å². The second kappa shape index (κ2) is 6.19. The Kier molecular flexibility index (Phi) is 5.15. The molecule has 1 aromatic rings. The third-order valence-corrected chi connectivity index (χ3v) is 3.50. The van der Waals surface area contributed by atoms with Crippen LogP contribution >= 0.6 is 0 Å². The summed E-state index contributed by atoms with van der Waals surface area (Å²) in [5, 5.41) is 9.20. The van der Waals surface area contributed by atoms with Crippen molar-refractivity contribution in [2.24, 2.45) is 0 Å². The van der Waals surface area contributed by atoms with Gasteiger partial charge in [-0.2, -0.15) is 0 Å². The highest BCUT2D eigenvalue weighted by molar-refractivity contribution is 5.46. The lowest BCUT2D eigenvalue weighted by atomic mass is 9.91. The number of ether oxygens (including phenoxy) is 1. The minimum atomic E-state index is -0.297. The Bertz CT molecular complexity index is 398. The predicted molar refractivity (Wildman–Crippen MR) is 71.3 cm³/mol. The van der Waals surface area contributed by atoms with Crippen LogP contribution in [-0.4, -0.2) is 10.7 Å². The minimum absolute atomic E-state index is 0.177. The van der Waals surface area contributed by atoms with E-state index < -0.39 is 0 Å². The molecule has 0 fully saturated rings. The lowest BCUT2D eigenvalue weighted by Crippen LogP contribution is -2.32. The van der Waals surface area contributed by atoms with Gasteiger partial charge in [-0.25, -0.2) is 4.39 Å². The summed E-state index contributed by atoms with van der Waals surface area (Å²) in [6, 6.07) is 2.86. The average Bonchev–Trinajstić information content (AvgIpc) is 2.79. The fourth-order valence-corrected chi connectivity index (χ4v) is 2.34. The summed E-state index contributed by atoms with van der Waals surface area (Å²) in [6.07, 6.45) is 2.52. The quantitative estimate of drug-likeness (QED) is 0.888. The zero-order valence-corrected chi connectivity index (χ0v) is 11.7. The van der Waals surface area contributed by atoms with E-state index in [1.807, 2.05) is 13.8 Å². The zero-order valence-electron chi connectivity index (χ0n) is 11.7. The maximum absolute atomic E-state index is 13.3. The number of hydrogen-bond donors (Lipinski definition) is 1. The molecule has 0 aromatic heterocycles. The number of fused-ring (bicyclic) bond motifs is 1. The van der Waals surface area contributed by atoms with E-state index in [1.165, 1.54) is 12.1 Å². The number of rotatable bonds is 3. The minimum Gasteiger partial charge on any atom is -0.486 e. The first kappa shape index (κ1) is 15.0. The van der Waals surface area contributed by atoms with Crippen molar-refractivity contribution in [3.63, 3.8) is 0 Å². The fraction of sp³-hybridized carbons (Fsp3) is 0.600. The SMILES string of the molecule is CC.CCC1(CC)Cc2cc(F)cc(CO)c2O1. The van der Waals surface area contributed by atoms with Gasteiger partial charge in [0.2, 0.25) is 0 Å². The molecule has 0 saturated carbocycles. The normalized spacial score (nSPS) is 15.4. The summed E-state index contributed by atoms with van der Waals surface area (Å²) in [6.45, 7) is 7.97. The van der Waals surface area contributed by atoms with Crippen LogP contribution in [0.5, 0.6) is 5.75 Å². The van der Waals surface area contributed by atoms with Crippen LogP contribution in [0.25, 0.3) is 0 Å². The topological polar surface area (TPSA) is 29.5 Å². The largest absolute Gasteiger partial charge is 0.486 e. The molecule has 0 radical (unpaired) electrons. The molecule has 0 amide bonds. The van der Waals surface area contributed by atoms with Crippen molar-refractivity contribution in [1.29, 1.82) is 0 Å². The van der Waals surface area contributed by atoms with Gasteiger partial charge in [-0.15, -0.1) is 0 Å². The Morgan fingerprint density at radius 1 is 1.28 bits per heavy atom. The summed E-state index contributed by atoms with van der Waals surface area (Å²) in [5.41, 5.74) is 1.23. The summed E-state index contributed by atoms with van der Waals surface area (Å²) >= 11 is 0. The molecule has 1 aliphatic heterocycles. The molecule has 0 unspecified atom stereocenters. The van der Waals surface area contributed by atoms with Crippen LogP contribution in [0, 0.1) is 5.82 Å². The van der Waals surface area contributed by atoms with Gasteiger partial charge in [0.05, 0.1) is 6.61 Å². The van der Waals surface area contributed by atoms with Crippen molar-refractivity contribution in [2.45, 2.75) is 59.2 Å². The highest BCUT2D eigenvalue weighted by Gasteiger charge is 2.37. The van der Waals surface area contributed by atoms with Gasteiger partial charge in [-0.1, -0.05) is 27.7 Å². The van der Waals surface area contributed by atoms with Gasteiger partial charge < -0.3 is 9.84 Å². The van der Waals surface area contributed by atoms with Gasteiger partial charge in [0.1, 0.15) is 17.2 Å². The molecule has 2 nitrogen and oxygen atoms in total. The predicted octanol–water partition coefficient (Wildman–Crippen LogP) is 3.84. The molecule has 102 valence electrons. The molecule has 0 saturated heterocycles. The summed E-state index contributed by atoms with van der Waals surface area (Å²) in [4.78, 5) is 0. The molecular weight excluding hydrogens is 231 g/mol. The molecule has 0 atom stereocenters. The third-order valence-electron chi connectivity index (χ3n) is 3.50. The lowest BCUT2D eigenvalue weighted by molar-refractivity contribution is 0.0833. The molecule has 1 heterocycles. The van der Waals surface area contributed by atoms with Gasteiger partial charge >= 0.3 is 0 Å². The van der Waals surface area contributed by atoms with E-state index in [9.17, 15) is 9.50 Å². The number of aliphatic hydroxyl groups excluding tert-OH is 1. The summed E-state index contributed by atoms with van der Waals surface area (Å²) < 4.78 is 19.2. The Morgan fingerprint density at radius 3 is 2.39 bits per heavy atom. The first-order chi connectivity index (χ1) is 8.64. The lowest BCUT2D eigenvalue weighted by Gasteiger charge is -2.26. The Hall–Kier alpha value is -1.09. The molecule has 1 aliphatic rings. The summed E-state index contributed by atoms with van der Waals surface area (Å²) in [7, 11) is 0. The maximum Gasteiger partial charge on any atom is 0.129 e. The van der Waals surface area contributed by atoms with Gasteiger partial charge in [-0.05, 0) is 25.0 Å². The third kappa shape index (κ3) is 2.66. The van der Waals surface area contributed by atoms with Crippen molar-refractivity contribution in [2.75, 3.05) is 0 Å². The van der Waals surface area contributed by atoms with Crippen LogP contribution in [0.2, 0.25) is 0 Å². The van der Waals surface area contributed by atoms with Crippen molar-refractivity contribution >= 4 is 0 Å². The van der Waals surface area contributed by atoms with Gasteiger partial charge in [0, 0.05) is 17.5 Å².